The summed E-state index contributed by atoms with van der Waals surface area (Å²) in [5.41, 5.74) is 16.3. The van der Waals surface area contributed by atoms with Crippen molar-refractivity contribution in [3.63, 3.8) is 0 Å². The Balaban J connectivity index is 0.930. The average molecular weight is 787 g/mol. The van der Waals surface area contributed by atoms with Crippen molar-refractivity contribution < 1.29 is 9.15 Å². The van der Waals surface area contributed by atoms with Gasteiger partial charge < -0.3 is 19.0 Å². The maximum absolute atomic E-state index is 6.80. The number of aromatic nitrogens is 2. The van der Waals surface area contributed by atoms with Crippen molar-refractivity contribution >= 4 is 55.7 Å². The van der Waals surface area contributed by atoms with Crippen LogP contribution in [-0.2, 0) is 0 Å². The second-order valence-electron chi connectivity index (χ2n) is 15.6. The van der Waals surface area contributed by atoms with Gasteiger partial charge in [-0.1, -0.05) is 133 Å². The van der Waals surface area contributed by atoms with E-state index in [2.05, 4.69) is 185 Å². The van der Waals surface area contributed by atoms with E-state index in [0.29, 0.717) is 12.4 Å². The minimum absolute atomic E-state index is 0.619. The molecule has 0 unspecified atom stereocenters. The van der Waals surface area contributed by atoms with Crippen molar-refractivity contribution in [1.82, 2.24) is 9.55 Å². The lowest BCUT2D eigenvalue weighted by atomic mass is 9.95. The molecule has 6 heteroatoms. The molecule has 0 saturated carbocycles. The molecule has 0 atom stereocenters. The van der Waals surface area contributed by atoms with Crippen LogP contribution >= 0.6 is 0 Å². The molecule has 0 radical (unpaired) electrons. The molecule has 0 aliphatic carbocycles. The Morgan fingerprint density at radius 3 is 1.79 bits per heavy atom. The Morgan fingerprint density at radius 2 is 1.10 bits per heavy atom. The number of nitrogens with zero attached hydrogens (tertiary/aromatic N) is 4. The molecule has 6 nitrogen and oxygen atoms in total. The van der Waals surface area contributed by atoms with E-state index in [1.807, 2.05) is 36.5 Å². The average Bonchev–Trinajstić information content (AvgIpc) is 4.00. The zero-order valence-corrected chi connectivity index (χ0v) is 33.4. The van der Waals surface area contributed by atoms with Crippen molar-refractivity contribution in [2.45, 2.75) is 6.92 Å². The fourth-order valence-corrected chi connectivity index (χ4v) is 9.28. The van der Waals surface area contributed by atoms with Gasteiger partial charge in [0.1, 0.15) is 35.2 Å². The molecule has 0 bridgehead atoms. The second-order valence-corrected chi connectivity index (χ2v) is 15.6. The van der Waals surface area contributed by atoms with Gasteiger partial charge in [0, 0.05) is 46.8 Å². The zero-order valence-electron chi connectivity index (χ0n) is 33.4. The lowest BCUT2D eigenvalue weighted by Crippen LogP contribution is -2.24. The SMILES string of the molecule is Cc1cc(-n2c3cccc4oc5cc(Oc6cccc(N7CN(c8c(-c9ccccc9)cccc8-c8ccccc8)c8ccccc87)c6)cc2c5c43)ncc1-c1ccccc1. The van der Waals surface area contributed by atoms with Gasteiger partial charge in [-0.05, 0) is 71.6 Å². The van der Waals surface area contributed by atoms with Crippen LogP contribution in [0, 0.1) is 6.92 Å². The predicted octanol–water partition coefficient (Wildman–Crippen LogP) is 14.7. The Kier molecular flexibility index (Phi) is 8.03. The third-order valence-electron chi connectivity index (χ3n) is 12.0. The number of ether oxygens (including phenoxy) is 1. The van der Waals surface area contributed by atoms with E-state index in [0.717, 1.165) is 78.3 Å². The predicted molar refractivity (Wildman–Crippen MR) is 249 cm³/mol. The molecule has 290 valence electrons. The quantitative estimate of drug-likeness (QED) is 0.153. The highest BCUT2D eigenvalue weighted by atomic mass is 16.5. The molecular weight excluding hydrogens is 749 g/mol. The maximum Gasteiger partial charge on any atom is 0.141 e. The number of hydrogen-bond acceptors (Lipinski definition) is 5. The van der Waals surface area contributed by atoms with Crippen molar-refractivity contribution in [2.75, 3.05) is 16.5 Å². The van der Waals surface area contributed by atoms with Crippen LogP contribution in [0.2, 0.25) is 0 Å². The van der Waals surface area contributed by atoms with Crippen LogP contribution in [0.25, 0.3) is 72.2 Å². The molecule has 8 aromatic carbocycles. The topological polar surface area (TPSA) is 46.7 Å². The van der Waals surface area contributed by atoms with Gasteiger partial charge in [0.25, 0.3) is 0 Å². The van der Waals surface area contributed by atoms with Crippen molar-refractivity contribution in [1.29, 1.82) is 0 Å². The molecular formula is C55H38N4O2. The highest BCUT2D eigenvalue weighted by Crippen LogP contribution is 2.50. The van der Waals surface area contributed by atoms with E-state index in [9.17, 15) is 0 Å². The van der Waals surface area contributed by atoms with Gasteiger partial charge in [-0.25, -0.2) is 4.98 Å². The Morgan fingerprint density at radius 1 is 0.492 bits per heavy atom. The fraction of sp³-hybridized carbons (Fsp3) is 0.0364. The van der Waals surface area contributed by atoms with Crippen LogP contribution in [-0.4, -0.2) is 16.2 Å². The van der Waals surface area contributed by atoms with E-state index in [4.69, 9.17) is 14.1 Å². The van der Waals surface area contributed by atoms with Crippen LogP contribution in [0.1, 0.15) is 5.56 Å². The molecule has 11 aromatic rings. The van der Waals surface area contributed by atoms with Crippen molar-refractivity contribution in [3.05, 3.63) is 206 Å². The summed E-state index contributed by atoms with van der Waals surface area (Å²) in [5.74, 6) is 2.27. The van der Waals surface area contributed by atoms with Gasteiger partial charge in [0.15, 0.2) is 0 Å². The van der Waals surface area contributed by atoms with E-state index >= 15 is 0 Å². The number of pyridine rings is 1. The maximum atomic E-state index is 6.80. The van der Waals surface area contributed by atoms with E-state index in [-0.39, 0.29) is 0 Å². The fourth-order valence-electron chi connectivity index (χ4n) is 9.28. The first-order valence-electron chi connectivity index (χ1n) is 20.6. The van der Waals surface area contributed by atoms with Crippen molar-refractivity contribution in [2.24, 2.45) is 0 Å². The first kappa shape index (κ1) is 34.9. The molecule has 0 N–H and O–H groups in total. The third-order valence-corrected chi connectivity index (χ3v) is 12.0. The smallest absolute Gasteiger partial charge is 0.141 e. The highest BCUT2D eigenvalue weighted by Gasteiger charge is 2.31. The summed E-state index contributed by atoms with van der Waals surface area (Å²) < 4.78 is 15.5. The summed E-state index contributed by atoms with van der Waals surface area (Å²) in [6.07, 6.45) is 1.98. The van der Waals surface area contributed by atoms with E-state index in [1.54, 1.807) is 0 Å². The Labute approximate surface area is 353 Å². The number of benzene rings is 8. The molecule has 3 aromatic heterocycles. The molecule has 1 aliphatic heterocycles. The largest absolute Gasteiger partial charge is 0.457 e. The minimum Gasteiger partial charge on any atom is -0.457 e. The molecule has 0 amide bonds. The monoisotopic (exact) mass is 786 g/mol. The van der Waals surface area contributed by atoms with E-state index in [1.165, 1.54) is 27.9 Å². The third kappa shape index (κ3) is 5.75. The second kappa shape index (κ2) is 14.0. The molecule has 12 rings (SSSR count). The molecule has 4 heterocycles. The van der Waals surface area contributed by atoms with Crippen LogP contribution in [0.5, 0.6) is 11.5 Å². The van der Waals surface area contributed by atoms with Gasteiger partial charge in [-0.2, -0.15) is 0 Å². The summed E-state index contributed by atoms with van der Waals surface area (Å²) in [5, 5.41) is 2.16. The molecule has 61 heavy (non-hydrogen) atoms. The highest BCUT2D eigenvalue weighted by molar-refractivity contribution is 6.23. The summed E-state index contributed by atoms with van der Waals surface area (Å²) in [4.78, 5) is 9.87. The van der Waals surface area contributed by atoms with Crippen LogP contribution in [0.3, 0.4) is 0 Å². The minimum atomic E-state index is 0.619. The van der Waals surface area contributed by atoms with Crippen molar-refractivity contribution in [3.8, 4) is 50.7 Å². The number of furan rings is 1. The molecule has 0 spiro atoms. The summed E-state index contributed by atoms with van der Waals surface area (Å²) in [6, 6.07) is 68.0. The first-order chi connectivity index (χ1) is 30.2. The molecule has 0 fully saturated rings. The number of fused-ring (bicyclic) bond motifs is 1. The summed E-state index contributed by atoms with van der Waals surface area (Å²) >= 11 is 0. The number of para-hydroxylation sites is 3. The van der Waals surface area contributed by atoms with Gasteiger partial charge in [0.05, 0.1) is 38.9 Å². The van der Waals surface area contributed by atoms with Gasteiger partial charge in [0.2, 0.25) is 0 Å². The Bertz CT molecular complexity index is 3330. The van der Waals surface area contributed by atoms with Crippen LogP contribution < -0.4 is 14.5 Å². The van der Waals surface area contributed by atoms with Crippen LogP contribution in [0.15, 0.2) is 205 Å². The zero-order chi connectivity index (χ0) is 40.4. The standard InChI is InChI=1S/C55H38N4O2/c1-36-30-52(56-34-45(36)39-20-9-4-10-21-39)59-48-28-15-29-50-53(48)54-49(59)32-42(33-51(54)61-50)60-41-23-13-22-40(31-41)57-35-58(47-27-12-11-26-46(47)57)55-43(37-16-5-2-6-17-37)24-14-25-44(55)38-18-7-3-8-19-38/h2-34H,35H2,1H3. The molecule has 0 saturated heterocycles. The number of hydrogen-bond donors (Lipinski definition) is 0. The summed E-state index contributed by atoms with van der Waals surface area (Å²) in [6.45, 7) is 2.77. The summed E-state index contributed by atoms with van der Waals surface area (Å²) in [7, 11) is 0. The number of anilines is 4. The number of rotatable bonds is 8. The van der Waals surface area contributed by atoms with Gasteiger partial charge >= 0.3 is 0 Å². The van der Waals surface area contributed by atoms with Gasteiger partial charge in [-0.15, -0.1) is 0 Å². The molecule has 1 aliphatic rings. The first-order valence-corrected chi connectivity index (χ1v) is 20.6. The van der Waals surface area contributed by atoms with Crippen LogP contribution in [0.4, 0.5) is 22.7 Å². The normalized spacial score (nSPS) is 12.5. The lowest BCUT2D eigenvalue weighted by Gasteiger charge is -2.27. The van der Waals surface area contributed by atoms with Gasteiger partial charge in [-0.3, -0.25) is 4.57 Å². The van der Waals surface area contributed by atoms with E-state index < -0.39 is 0 Å². The number of aryl methyl sites for hydroxylation is 1. The lowest BCUT2D eigenvalue weighted by molar-refractivity contribution is 0.482. The Hall–Kier alpha value is -8.09.